The molecule has 0 unspecified atom stereocenters. The van der Waals surface area contributed by atoms with E-state index in [9.17, 15) is 0 Å². The van der Waals surface area contributed by atoms with Crippen LogP contribution in [-0.2, 0) is 0 Å². The highest BCUT2D eigenvalue weighted by atomic mass is 79.9. The number of fused-ring (bicyclic) bond motifs is 1. The van der Waals surface area contributed by atoms with Crippen LogP contribution in [0.4, 0.5) is 5.69 Å². The van der Waals surface area contributed by atoms with Crippen molar-refractivity contribution in [1.29, 1.82) is 0 Å². The molecule has 0 aliphatic rings. The fourth-order valence-corrected chi connectivity index (χ4v) is 1.91. The fourth-order valence-electron chi connectivity index (χ4n) is 1.55. The molecule has 0 atom stereocenters. The Morgan fingerprint density at radius 2 is 2.07 bits per heavy atom. The van der Waals surface area contributed by atoms with Gasteiger partial charge < -0.3 is 10.5 Å². The number of pyridine rings is 1. The van der Waals surface area contributed by atoms with Crippen LogP contribution in [0, 0.1) is 6.92 Å². The van der Waals surface area contributed by atoms with Crippen LogP contribution in [0.15, 0.2) is 22.7 Å². The Kier molecular flexibility index (Phi) is 2.52. The lowest BCUT2D eigenvalue weighted by Gasteiger charge is -2.09. The lowest BCUT2D eigenvalue weighted by molar-refractivity contribution is 0.402. The predicted molar refractivity (Wildman–Crippen MR) is 65.1 cm³/mol. The third-order valence-corrected chi connectivity index (χ3v) is 2.85. The van der Waals surface area contributed by atoms with Gasteiger partial charge in [-0.25, -0.2) is 4.98 Å². The monoisotopic (exact) mass is 266 g/mol. The molecule has 0 aliphatic carbocycles. The molecule has 78 valence electrons. The van der Waals surface area contributed by atoms with Crippen molar-refractivity contribution < 1.29 is 4.74 Å². The molecule has 0 saturated heterocycles. The third kappa shape index (κ3) is 1.65. The van der Waals surface area contributed by atoms with Gasteiger partial charge in [-0.3, -0.25) is 0 Å². The van der Waals surface area contributed by atoms with Gasteiger partial charge in [0.15, 0.2) is 0 Å². The fraction of sp³-hybridized carbons (Fsp3) is 0.182. The molecule has 0 saturated carbocycles. The van der Waals surface area contributed by atoms with E-state index in [1.807, 2.05) is 25.1 Å². The molecular formula is C11H11BrN2O. The minimum Gasteiger partial charge on any atom is -0.481 e. The minimum absolute atomic E-state index is 0.615. The van der Waals surface area contributed by atoms with Crippen LogP contribution in [0.5, 0.6) is 5.88 Å². The lowest BCUT2D eigenvalue weighted by atomic mass is 10.1. The highest BCUT2D eigenvalue weighted by Gasteiger charge is 2.09. The van der Waals surface area contributed by atoms with Gasteiger partial charge in [-0.1, -0.05) is 15.9 Å². The van der Waals surface area contributed by atoms with Crippen LogP contribution in [0.3, 0.4) is 0 Å². The Labute approximate surface area is 96.4 Å². The molecule has 0 fully saturated rings. The Morgan fingerprint density at radius 3 is 2.73 bits per heavy atom. The zero-order valence-corrected chi connectivity index (χ0v) is 10.1. The summed E-state index contributed by atoms with van der Waals surface area (Å²) in [6, 6.07) is 5.87. The van der Waals surface area contributed by atoms with Gasteiger partial charge in [0.05, 0.1) is 18.5 Å². The molecule has 1 aromatic heterocycles. The van der Waals surface area contributed by atoms with Crippen LogP contribution in [0.25, 0.3) is 10.8 Å². The SMILES string of the molecule is COc1nc(C)c(N)c2cc(Br)ccc12. The van der Waals surface area contributed by atoms with E-state index < -0.39 is 0 Å². The summed E-state index contributed by atoms with van der Waals surface area (Å²) in [6.07, 6.45) is 0. The molecule has 0 amide bonds. The molecular weight excluding hydrogens is 256 g/mol. The van der Waals surface area contributed by atoms with Crippen LogP contribution in [0.2, 0.25) is 0 Å². The smallest absolute Gasteiger partial charge is 0.221 e. The number of halogens is 1. The summed E-state index contributed by atoms with van der Waals surface area (Å²) < 4.78 is 6.22. The van der Waals surface area contributed by atoms with E-state index in [1.54, 1.807) is 7.11 Å². The number of nitrogens with zero attached hydrogens (tertiary/aromatic N) is 1. The standard InChI is InChI=1S/C11H11BrN2O/c1-6-10(13)9-5-7(12)3-4-8(9)11(14-6)15-2/h3-5H,13H2,1-2H3. The van der Waals surface area contributed by atoms with Crippen LogP contribution >= 0.6 is 15.9 Å². The molecule has 0 spiro atoms. The molecule has 0 radical (unpaired) electrons. The third-order valence-electron chi connectivity index (χ3n) is 2.35. The first kappa shape index (κ1) is 10.2. The van der Waals surface area contributed by atoms with Crippen LogP contribution < -0.4 is 10.5 Å². The average molecular weight is 267 g/mol. The van der Waals surface area contributed by atoms with Crippen LogP contribution in [0.1, 0.15) is 5.69 Å². The second-order valence-electron chi connectivity index (χ2n) is 3.31. The molecule has 2 aromatic rings. The van der Waals surface area contributed by atoms with Gasteiger partial charge in [0, 0.05) is 15.2 Å². The van der Waals surface area contributed by atoms with E-state index in [4.69, 9.17) is 10.5 Å². The first-order chi connectivity index (χ1) is 7.13. The van der Waals surface area contributed by atoms with Gasteiger partial charge >= 0.3 is 0 Å². The van der Waals surface area contributed by atoms with E-state index in [0.717, 1.165) is 20.9 Å². The van der Waals surface area contributed by atoms with E-state index in [-0.39, 0.29) is 0 Å². The lowest BCUT2D eigenvalue weighted by Crippen LogP contribution is -1.98. The first-order valence-electron chi connectivity index (χ1n) is 4.53. The van der Waals surface area contributed by atoms with Gasteiger partial charge in [0.25, 0.3) is 0 Å². The normalized spacial score (nSPS) is 10.6. The van der Waals surface area contributed by atoms with Crippen molar-refractivity contribution in [1.82, 2.24) is 4.98 Å². The molecule has 1 aromatic carbocycles. The first-order valence-corrected chi connectivity index (χ1v) is 5.32. The predicted octanol–water partition coefficient (Wildman–Crippen LogP) is 2.90. The quantitative estimate of drug-likeness (QED) is 0.864. The summed E-state index contributed by atoms with van der Waals surface area (Å²) in [7, 11) is 1.61. The Morgan fingerprint density at radius 1 is 1.33 bits per heavy atom. The van der Waals surface area contributed by atoms with E-state index in [0.29, 0.717) is 11.6 Å². The molecule has 2 rings (SSSR count). The minimum atomic E-state index is 0.615. The van der Waals surface area contributed by atoms with Crippen molar-refractivity contribution in [2.75, 3.05) is 12.8 Å². The number of benzene rings is 1. The van der Waals surface area contributed by atoms with Crippen molar-refractivity contribution in [2.24, 2.45) is 0 Å². The summed E-state index contributed by atoms with van der Waals surface area (Å²) in [4.78, 5) is 4.29. The Bertz CT molecular complexity index is 525. The van der Waals surface area contributed by atoms with Crippen molar-refractivity contribution in [3.05, 3.63) is 28.4 Å². The highest BCUT2D eigenvalue weighted by Crippen LogP contribution is 2.32. The summed E-state index contributed by atoms with van der Waals surface area (Å²) in [5, 5.41) is 1.90. The van der Waals surface area contributed by atoms with Crippen molar-refractivity contribution in [2.45, 2.75) is 6.92 Å². The second kappa shape index (κ2) is 3.70. The Balaban J connectivity index is 2.90. The van der Waals surface area contributed by atoms with Crippen molar-refractivity contribution in [3.63, 3.8) is 0 Å². The van der Waals surface area contributed by atoms with Crippen LogP contribution in [-0.4, -0.2) is 12.1 Å². The average Bonchev–Trinajstić information content (AvgIpc) is 2.23. The molecule has 15 heavy (non-hydrogen) atoms. The molecule has 2 N–H and O–H groups in total. The van der Waals surface area contributed by atoms with Crippen molar-refractivity contribution in [3.8, 4) is 5.88 Å². The summed E-state index contributed by atoms with van der Waals surface area (Å²) in [5.41, 5.74) is 7.46. The number of nitrogen functional groups attached to an aromatic ring is 1. The van der Waals surface area contributed by atoms with Gasteiger partial charge in [-0.2, -0.15) is 0 Å². The molecule has 0 bridgehead atoms. The number of hydrogen-bond acceptors (Lipinski definition) is 3. The number of methoxy groups -OCH3 is 1. The van der Waals surface area contributed by atoms with Gasteiger partial charge in [-0.15, -0.1) is 0 Å². The Hall–Kier alpha value is -1.29. The zero-order chi connectivity index (χ0) is 11.0. The number of aryl methyl sites for hydroxylation is 1. The van der Waals surface area contributed by atoms with Gasteiger partial charge in [-0.05, 0) is 25.1 Å². The maximum atomic E-state index is 5.97. The maximum Gasteiger partial charge on any atom is 0.221 e. The largest absolute Gasteiger partial charge is 0.481 e. The number of ether oxygens (including phenoxy) is 1. The number of aromatic nitrogens is 1. The molecule has 3 nitrogen and oxygen atoms in total. The molecule has 0 aliphatic heterocycles. The maximum absolute atomic E-state index is 5.97. The zero-order valence-electron chi connectivity index (χ0n) is 8.54. The molecule has 1 heterocycles. The van der Waals surface area contributed by atoms with E-state index in [2.05, 4.69) is 20.9 Å². The van der Waals surface area contributed by atoms with Gasteiger partial charge in [0.2, 0.25) is 5.88 Å². The number of nitrogens with two attached hydrogens (primary N) is 1. The van der Waals surface area contributed by atoms with E-state index >= 15 is 0 Å². The topological polar surface area (TPSA) is 48.1 Å². The van der Waals surface area contributed by atoms with Crippen molar-refractivity contribution >= 4 is 32.4 Å². The second-order valence-corrected chi connectivity index (χ2v) is 4.23. The highest BCUT2D eigenvalue weighted by molar-refractivity contribution is 9.10. The van der Waals surface area contributed by atoms with Gasteiger partial charge in [0.1, 0.15) is 0 Å². The summed E-state index contributed by atoms with van der Waals surface area (Å²) in [5.74, 6) is 0.615. The summed E-state index contributed by atoms with van der Waals surface area (Å²) in [6.45, 7) is 1.87. The number of hydrogen-bond donors (Lipinski definition) is 1. The number of anilines is 1. The number of rotatable bonds is 1. The summed E-state index contributed by atoms with van der Waals surface area (Å²) >= 11 is 3.42. The van der Waals surface area contributed by atoms with E-state index in [1.165, 1.54) is 0 Å². The molecule has 4 heteroatoms.